The van der Waals surface area contributed by atoms with E-state index in [0.717, 1.165) is 43.7 Å². The molecule has 0 aliphatic carbocycles. The molecule has 2 aromatic heterocycles. The molecule has 6 heteroatoms. The minimum absolute atomic E-state index is 0.261. The summed E-state index contributed by atoms with van der Waals surface area (Å²) in [4.78, 5) is 15.2. The number of piperidine rings is 1. The molecular formula is C15H21N5O. The topological polar surface area (TPSA) is 77.2 Å². The van der Waals surface area contributed by atoms with Crippen LogP contribution in [0.1, 0.15) is 19.8 Å². The van der Waals surface area contributed by atoms with Gasteiger partial charge in [0.15, 0.2) is 5.65 Å². The predicted molar refractivity (Wildman–Crippen MR) is 83.2 cm³/mol. The minimum atomic E-state index is 0.261. The Bertz CT molecular complexity index is 637. The Labute approximate surface area is 124 Å². The molecule has 0 radical (unpaired) electrons. The number of nitrogens with two attached hydrogens (primary N) is 1. The molecule has 1 fully saturated rings. The highest BCUT2D eigenvalue weighted by molar-refractivity contribution is 5.87. The van der Waals surface area contributed by atoms with Crippen LogP contribution in [0.5, 0.6) is 0 Å². The highest BCUT2D eigenvalue weighted by Gasteiger charge is 2.31. The first-order chi connectivity index (χ1) is 10.1. The maximum Gasteiger partial charge on any atom is 0.166 e. The summed E-state index contributed by atoms with van der Waals surface area (Å²) in [6.45, 7) is 5.03. The predicted octanol–water partition coefficient (Wildman–Crippen LogP) is 1.86. The maximum absolute atomic E-state index is 5.72. The van der Waals surface area contributed by atoms with Crippen LogP contribution in [0.4, 0.5) is 11.6 Å². The summed E-state index contributed by atoms with van der Waals surface area (Å²) in [7, 11) is 1.77. The summed E-state index contributed by atoms with van der Waals surface area (Å²) < 4.78 is 5.34. The van der Waals surface area contributed by atoms with Gasteiger partial charge < -0.3 is 15.4 Å². The summed E-state index contributed by atoms with van der Waals surface area (Å²) in [5.41, 5.74) is 6.64. The highest BCUT2D eigenvalue weighted by Crippen LogP contribution is 2.34. The fraction of sp³-hybridized carbons (Fsp3) is 0.533. The Balaban J connectivity index is 1.86. The molecule has 0 unspecified atom stereocenters. The minimum Gasteiger partial charge on any atom is -0.384 e. The quantitative estimate of drug-likeness (QED) is 0.928. The normalized spacial score (nSPS) is 18.1. The first kappa shape index (κ1) is 14.0. The van der Waals surface area contributed by atoms with E-state index < -0.39 is 0 Å². The van der Waals surface area contributed by atoms with Gasteiger partial charge >= 0.3 is 0 Å². The fourth-order valence-corrected chi connectivity index (χ4v) is 2.95. The van der Waals surface area contributed by atoms with Crippen molar-refractivity contribution in [2.24, 2.45) is 5.41 Å². The van der Waals surface area contributed by atoms with Crippen LogP contribution in [0.2, 0.25) is 0 Å². The third-order valence-corrected chi connectivity index (χ3v) is 4.26. The van der Waals surface area contributed by atoms with Gasteiger partial charge in [-0.05, 0) is 30.4 Å². The molecule has 0 spiro atoms. The van der Waals surface area contributed by atoms with Crippen LogP contribution in [0.15, 0.2) is 18.5 Å². The molecular weight excluding hydrogens is 266 g/mol. The fourth-order valence-electron chi connectivity index (χ4n) is 2.95. The van der Waals surface area contributed by atoms with Crippen LogP contribution >= 0.6 is 0 Å². The summed E-state index contributed by atoms with van der Waals surface area (Å²) in [6, 6.07) is 3.75. The zero-order valence-corrected chi connectivity index (χ0v) is 12.5. The zero-order chi connectivity index (χ0) is 14.9. The number of anilines is 2. The Morgan fingerprint density at radius 3 is 2.76 bits per heavy atom. The molecule has 0 atom stereocenters. The van der Waals surface area contributed by atoms with Gasteiger partial charge in [0, 0.05) is 20.2 Å². The van der Waals surface area contributed by atoms with E-state index in [0.29, 0.717) is 11.5 Å². The first-order valence-electron chi connectivity index (χ1n) is 7.22. The second-order valence-corrected chi connectivity index (χ2v) is 6.04. The standard InChI is InChI=1S/C15H21N5O/c1-15(9-21-2)5-7-20(8-6-15)14-11-3-4-12(16)19-13(11)17-10-18-14/h3-4,10H,5-9H2,1-2H3,(H2,16,17,18,19). The van der Waals surface area contributed by atoms with Crippen molar-refractivity contribution in [3.8, 4) is 0 Å². The van der Waals surface area contributed by atoms with E-state index in [4.69, 9.17) is 10.5 Å². The van der Waals surface area contributed by atoms with E-state index in [1.165, 1.54) is 0 Å². The van der Waals surface area contributed by atoms with Crippen molar-refractivity contribution in [1.82, 2.24) is 15.0 Å². The van der Waals surface area contributed by atoms with Gasteiger partial charge in [0.05, 0.1) is 12.0 Å². The van der Waals surface area contributed by atoms with Crippen molar-refractivity contribution < 1.29 is 4.74 Å². The summed E-state index contributed by atoms with van der Waals surface area (Å²) in [5.74, 6) is 1.44. The van der Waals surface area contributed by atoms with Crippen LogP contribution in [0, 0.1) is 5.41 Å². The molecule has 0 saturated carbocycles. The molecule has 0 bridgehead atoms. The number of pyridine rings is 1. The number of hydrogen-bond donors (Lipinski definition) is 1. The Hall–Kier alpha value is -1.95. The molecule has 112 valence electrons. The van der Waals surface area contributed by atoms with Gasteiger partial charge in [-0.3, -0.25) is 0 Å². The van der Waals surface area contributed by atoms with Crippen molar-refractivity contribution >= 4 is 22.7 Å². The van der Waals surface area contributed by atoms with Crippen LogP contribution in [-0.2, 0) is 4.74 Å². The molecule has 1 aliphatic rings. The van der Waals surface area contributed by atoms with Crippen LogP contribution in [-0.4, -0.2) is 41.8 Å². The average molecular weight is 287 g/mol. The van der Waals surface area contributed by atoms with Crippen molar-refractivity contribution in [3.05, 3.63) is 18.5 Å². The van der Waals surface area contributed by atoms with Gasteiger partial charge in [0.1, 0.15) is 18.0 Å². The first-order valence-corrected chi connectivity index (χ1v) is 7.22. The van der Waals surface area contributed by atoms with Gasteiger partial charge in [-0.25, -0.2) is 15.0 Å². The molecule has 21 heavy (non-hydrogen) atoms. The Morgan fingerprint density at radius 1 is 1.29 bits per heavy atom. The molecule has 2 N–H and O–H groups in total. The largest absolute Gasteiger partial charge is 0.384 e. The molecule has 0 amide bonds. The number of fused-ring (bicyclic) bond motifs is 1. The smallest absolute Gasteiger partial charge is 0.166 e. The van der Waals surface area contributed by atoms with E-state index >= 15 is 0 Å². The lowest BCUT2D eigenvalue weighted by Gasteiger charge is -2.39. The van der Waals surface area contributed by atoms with Crippen LogP contribution in [0.3, 0.4) is 0 Å². The number of hydrogen-bond acceptors (Lipinski definition) is 6. The lowest BCUT2D eigenvalue weighted by atomic mass is 9.81. The number of aromatic nitrogens is 3. The van der Waals surface area contributed by atoms with Crippen molar-refractivity contribution in [1.29, 1.82) is 0 Å². The molecule has 1 saturated heterocycles. The van der Waals surface area contributed by atoms with E-state index in [9.17, 15) is 0 Å². The Morgan fingerprint density at radius 2 is 2.05 bits per heavy atom. The third kappa shape index (κ3) is 2.76. The number of nitrogens with zero attached hydrogens (tertiary/aromatic N) is 4. The number of nitrogen functional groups attached to an aromatic ring is 1. The lowest BCUT2D eigenvalue weighted by Crippen LogP contribution is -2.41. The van der Waals surface area contributed by atoms with E-state index in [1.54, 1.807) is 19.5 Å². The zero-order valence-electron chi connectivity index (χ0n) is 12.5. The Kier molecular flexibility index (Phi) is 3.63. The van der Waals surface area contributed by atoms with Crippen LogP contribution < -0.4 is 10.6 Å². The van der Waals surface area contributed by atoms with Crippen molar-refractivity contribution in [2.45, 2.75) is 19.8 Å². The van der Waals surface area contributed by atoms with Crippen LogP contribution in [0.25, 0.3) is 11.0 Å². The van der Waals surface area contributed by atoms with Crippen molar-refractivity contribution in [3.63, 3.8) is 0 Å². The summed E-state index contributed by atoms with van der Waals surface area (Å²) >= 11 is 0. The third-order valence-electron chi connectivity index (χ3n) is 4.26. The monoisotopic (exact) mass is 287 g/mol. The van der Waals surface area contributed by atoms with Crippen molar-refractivity contribution in [2.75, 3.05) is 37.4 Å². The molecule has 0 aromatic carbocycles. The van der Waals surface area contributed by atoms with E-state index in [-0.39, 0.29) is 5.41 Å². The molecule has 3 rings (SSSR count). The second-order valence-electron chi connectivity index (χ2n) is 6.04. The van der Waals surface area contributed by atoms with E-state index in [1.807, 2.05) is 6.07 Å². The summed E-state index contributed by atoms with van der Waals surface area (Å²) in [6.07, 6.45) is 3.75. The SMILES string of the molecule is COCC1(C)CCN(c2ncnc3nc(N)ccc23)CC1. The van der Waals surface area contributed by atoms with Gasteiger partial charge in [0.2, 0.25) is 0 Å². The van der Waals surface area contributed by atoms with Gasteiger partial charge in [-0.1, -0.05) is 6.92 Å². The highest BCUT2D eigenvalue weighted by atomic mass is 16.5. The van der Waals surface area contributed by atoms with Gasteiger partial charge in [-0.2, -0.15) is 0 Å². The molecule has 3 heterocycles. The van der Waals surface area contributed by atoms with E-state index in [2.05, 4.69) is 26.8 Å². The summed E-state index contributed by atoms with van der Waals surface area (Å²) in [5, 5.41) is 0.960. The average Bonchev–Trinajstić information content (AvgIpc) is 2.47. The number of rotatable bonds is 3. The van der Waals surface area contributed by atoms with Gasteiger partial charge in [0.25, 0.3) is 0 Å². The number of ether oxygens (including phenoxy) is 1. The lowest BCUT2D eigenvalue weighted by molar-refractivity contribution is 0.0730. The maximum atomic E-state index is 5.72. The number of methoxy groups -OCH3 is 1. The molecule has 2 aromatic rings. The second kappa shape index (κ2) is 5.44. The van der Waals surface area contributed by atoms with Gasteiger partial charge in [-0.15, -0.1) is 0 Å². The molecule has 6 nitrogen and oxygen atoms in total. The molecule has 1 aliphatic heterocycles.